The van der Waals surface area contributed by atoms with Crippen LogP contribution in [0.2, 0.25) is 0 Å². The third kappa shape index (κ3) is 5.56. The van der Waals surface area contributed by atoms with Gasteiger partial charge in [0.05, 0.1) is 0 Å². The molecule has 0 saturated carbocycles. The van der Waals surface area contributed by atoms with Gasteiger partial charge in [-0.2, -0.15) is 0 Å². The molecule has 0 rings (SSSR count). The predicted molar refractivity (Wildman–Crippen MR) is 28.8 cm³/mol. The molecule has 3 heteroatoms. The van der Waals surface area contributed by atoms with E-state index in [1.54, 1.807) is 0 Å². The van der Waals surface area contributed by atoms with Crippen molar-refractivity contribution in [1.29, 1.82) is 0 Å². The van der Waals surface area contributed by atoms with E-state index in [9.17, 15) is 8.78 Å². The van der Waals surface area contributed by atoms with Gasteiger partial charge in [0.2, 0.25) is 0 Å². The third-order valence-electron chi connectivity index (χ3n) is 0.615. The molecule has 1 nitrogen and oxygen atoms in total. The number of hydrogen-bond acceptors (Lipinski definition) is 1. The lowest BCUT2D eigenvalue weighted by Gasteiger charge is -1.84. The molecule has 2 N–H and O–H groups in total. The van der Waals surface area contributed by atoms with E-state index in [1.807, 2.05) is 0 Å². The lowest BCUT2D eigenvalue weighted by atomic mass is 10.4. The van der Waals surface area contributed by atoms with Crippen molar-refractivity contribution in [3.05, 3.63) is 12.2 Å². The fourth-order valence-electron chi connectivity index (χ4n) is 0.295. The van der Waals surface area contributed by atoms with E-state index in [2.05, 4.69) is 0 Å². The van der Waals surface area contributed by atoms with Gasteiger partial charge in [-0.1, -0.05) is 6.08 Å². The lowest BCUT2D eigenvalue weighted by molar-refractivity contribution is 0.204. The second-order valence-electron chi connectivity index (χ2n) is 1.34. The van der Waals surface area contributed by atoms with Crippen LogP contribution in [0.1, 0.15) is 6.42 Å². The average Bonchev–Trinajstić information content (AvgIpc) is 1.66. The first-order chi connectivity index (χ1) is 3.77. The smallest absolute Gasteiger partial charge is 0.257 e. The van der Waals surface area contributed by atoms with Crippen molar-refractivity contribution >= 4 is 0 Å². The maximum atomic E-state index is 11.2. The van der Waals surface area contributed by atoms with Crippen LogP contribution < -0.4 is 5.73 Å². The summed E-state index contributed by atoms with van der Waals surface area (Å²) in [6.45, 7) is 0.434. The van der Waals surface area contributed by atoms with Gasteiger partial charge in [-0.15, -0.1) is 0 Å². The molecule has 0 aromatic carbocycles. The molecule has 0 aliphatic carbocycles. The van der Waals surface area contributed by atoms with Crippen LogP contribution in [0.4, 0.5) is 8.78 Å². The van der Waals surface area contributed by atoms with E-state index in [0.717, 1.165) is 6.08 Å². The first-order valence-corrected chi connectivity index (χ1v) is 2.42. The zero-order valence-electron chi connectivity index (χ0n) is 4.48. The highest BCUT2D eigenvalue weighted by Crippen LogP contribution is 1.93. The molecule has 0 atom stereocenters. The van der Waals surface area contributed by atoms with E-state index in [1.165, 1.54) is 6.08 Å². The third-order valence-corrected chi connectivity index (χ3v) is 0.615. The van der Waals surface area contributed by atoms with Gasteiger partial charge in [0.1, 0.15) is 0 Å². The molecule has 0 radical (unpaired) electrons. The summed E-state index contributed by atoms with van der Waals surface area (Å²) in [4.78, 5) is 0. The van der Waals surface area contributed by atoms with Gasteiger partial charge in [0, 0.05) is 0 Å². The van der Waals surface area contributed by atoms with Crippen LogP contribution in [-0.4, -0.2) is 13.0 Å². The number of nitrogens with two attached hydrogens (primary N) is 1. The minimum absolute atomic E-state index is 0.434. The summed E-state index contributed by atoms with van der Waals surface area (Å²) in [5.41, 5.74) is 5.02. The van der Waals surface area contributed by atoms with Crippen molar-refractivity contribution in [3.63, 3.8) is 0 Å². The quantitative estimate of drug-likeness (QED) is 0.557. The van der Waals surface area contributed by atoms with Crippen LogP contribution in [0, 0.1) is 0 Å². The molecular weight excluding hydrogens is 112 g/mol. The average molecular weight is 121 g/mol. The fraction of sp³-hybridized carbons (Fsp3) is 0.600. The van der Waals surface area contributed by atoms with E-state index >= 15 is 0 Å². The van der Waals surface area contributed by atoms with Gasteiger partial charge in [-0.3, -0.25) is 0 Å². The molecule has 0 unspecified atom stereocenters. The zero-order chi connectivity index (χ0) is 6.41. The Morgan fingerprint density at radius 2 is 2.12 bits per heavy atom. The Morgan fingerprint density at radius 3 is 2.50 bits per heavy atom. The van der Waals surface area contributed by atoms with Crippen LogP contribution in [0.5, 0.6) is 0 Å². The number of hydrogen-bond donors (Lipinski definition) is 1. The van der Waals surface area contributed by atoms with Gasteiger partial charge in [-0.05, 0) is 19.0 Å². The number of alkyl halides is 2. The lowest BCUT2D eigenvalue weighted by Crippen LogP contribution is -1.95. The van der Waals surface area contributed by atoms with E-state index in [4.69, 9.17) is 5.73 Å². The van der Waals surface area contributed by atoms with Crippen LogP contribution in [0.3, 0.4) is 0 Å². The Kier molecular flexibility index (Phi) is 4.45. The molecule has 0 saturated heterocycles. The van der Waals surface area contributed by atoms with Gasteiger partial charge in [0.15, 0.2) is 0 Å². The molecule has 8 heavy (non-hydrogen) atoms. The van der Waals surface area contributed by atoms with Crippen molar-refractivity contribution in [2.24, 2.45) is 5.73 Å². The van der Waals surface area contributed by atoms with Crippen molar-refractivity contribution in [3.8, 4) is 0 Å². The van der Waals surface area contributed by atoms with Crippen molar-refractivity contribution in [2.45, 2.75) is 12.8 Å². The zero-order valence-corrected chi connectivity index (χ0v) is 4.48. The minimum atomic E-state index is -2.33. The first-order valence-electron chi connectivity index (χ1n) is 2.42. The van der Waals surface area contributed by atoms with Crippen LogP contribution in [-0.2, 0) is 0 Å². The fourth-order valence-corrected chi connectivity index (χ4v) is 0.295. The highest BCUT2D eigenvalue weighted by atomic mass is 19.3. The molecule has 0 aliphatic rings. The Labute approximate surface area is 47.2 Å². The summed E-state index contributed by atoms with van der Waals surface area (Å²) < 4.78 is 22.5. The van der Waals surface area contributed by atoms with E-state index in [-0.39, 0.29) is 0 Å². The highest BCUT2D eigenvalue weighted by molar-refractivity contribution is 4.83. The van der Waals surface area contributed by atoms with Crippen LogP contribution >= 0.6 is 0 Å². The molecular formula is C5H9F2N. The summed E-state index contributed by atoms with van der Waals surface area (Å²) >= 11 is 0. The largest absolute Gasteiger partial charge is 0.330 e. The van der Waals surface area contributed by atoms with Gasteiger partial charge in [-0.25, -0.2) is 8.78 Å². The Bertz CT molecular complexity index is 70.8. The van der Waals surface area contributed by atoms with Crippen molar-refractivity contribution in [1.82, 2.24) is 0 Å². The van der Waals surface area contributed by atoms with Crippen molar-refractivity contribution in [2.75, 3.05) is 6.54 Å². The van der Waals surface area contributed by atoms with E-state index in [0.29, 0.717) is 13.0 Å². The van der Waals surface area contributed by atoms with Crippen molar-refractivity contribution < 1.29 is 8.78 Å². The monoisotopic (exact) mass is 121 g/mol. The van der Waals surface area contributed by atoms with E-state index < -0.39 is 6.43 Å². The summed E-state index contributed by atoms with van der Waals surface area (Å²) in [6, 6.07) is 0. The molecule has 0 spiro atoms. The molecule has 0 bridgehead atoms. The maximum Gasteiger partial charge on any atom is 0.257 e. The molecule has 0 amide bonds. The first kappa shape index (κ1) is 7.56. The molecule has 48 valence electrons. The Balaban J connectivity index is 3.07. The van der Waals surface area contributed by atoms with Gasteiger partial charge >= 0.3 is 0 Å². The SMILES string of the molecule is NCC/C=C/C(F)F. The summed E-state index contributed by atoms with van der Waals surface area (Å²) in [7, 11) is 0. The molecule has 0 heterocycles. The van der Waals surface area contributed by atoms with Gasteiger partial charge in [0.25, 0.3) is 6.43 Å². The Hall–Kier alpha value is -0.440. The number of allylic oxidation sites excluding steroid dienone is 1. The number of rotatable bonds is 3. The standard InChI is InChI=1S/C5H9F2N/c6-5(7)3-1-2-4-8/h1,3,5H,2,4,8H2/b3-1+. The predicted octanol–water partition coefficient (Wildman–Crippen LogP) is 1.16. The summed E-state index contributed by atoms with van der Waals surface area (Å²) in [5, 5.41) is 0. The van der Waals surface area contributed by atoms with Gasteiger partial charge < -0.3 is 5.73 Å². The summed E-state index contributed by atoms with van der Waals surface area (Å²) in [6.07, 6.45) is 0.420. The molecule has 0 aliphatic heterocycles. The highest BCUT2D eigenvalue weighted by Gasteiger charge is 1.89. The minimum Gasteiger partial charge on any atom is -0.330 e. The molecule has 0 aromatic heterocycles. The maximum absolute atomic E-state index is 11.2. The Morgan fingerprint density at radius 1 is 1.50 bits per heavy atom. The molecule has 0 fully saturated rings. The molecule has 0 aromatic rings. The van der Waals surface area contributed by atoms with Crippen LogP contribution in [0.15, 0.2) is 12.2 Å². The number of halogens is 2. The topological polar surface area (TPSA) is 26.0 Å². The second kappa shape index (κ2) is 4.71. The van der Waals surface area contributed by atoms with Crippen LogP contribution in [0.25, 0.3) is 0 Å². The summed E-state index contributed by atoms with van der Waals surface area (Å²) in [5.74, 6) is 0. The second-order valence-corrected chi connectivity index (χ2v) is 1.34. The normalized spacial score (nSPS) is 11.5.